The Morgan fingerprint density at radius 2 is 1.78 bits per heavy atom. The fourth-order valence-corrected chi connectivity index (χ4v) is 3.06. The summed E-state index contributed by atoms with van der Waals surface area (Å²) in [4.78, 5) is 13.9. The second-order valence-electron chi connectivity index (χ2n) is 6.46. The molecule has 0 unspecified atom stereocenters. The highest BCUT2D eigenvalue weighted by Crippen LogP contribution is 2.14. The Morgan fingerprint density at radius 3 is 2.52 bits per heavy atom. The van der Waals surface area contributed by atoms with Crippen molar-refractivity contribution in [2.24, 2.45) is 0 Å². The van der Waals surface area contributed by atoms with Gasteiger partial charge in [-0.1, -0.05) is 42.5 Å². The molecule has 0 bridgehead atoms. The maximum atomic E-state index is 13.5. The molecule has 0 aliphatic carbocycles. The number of hydrogen-bond donors (Lipinski definition) is 0. The molecule has 0 fully saturated rings. The molecule has 2 aromatic carbocycles. The Balaban J connectivity index is 1.75. The molecule has 4 nitrogen and oxygen atoms in total. The molecule has 1 aromatic heterocycles. The summed E-state index contributed by atoms with van der Waals surface area (Å²) >= 11 is 0. The Morgan fingerprint density at radius 1 is 1.00 bits per heavy atom. The largest absolute Gasteiger partial charge is 0.468 e. The van der Waals surface area contributed by atoms with Gasteiger partial charge >= 0.3 is 5.97 Å². The molecule has 0 spiro atoms. The van der Waals surface area contributed by atoms with Gasteiger partial charge in [-0.3, -0.25) is 9.69 Å². The molecule has 3 rings (SSSR count). The van der Waals surface area contributed by atoms with E-state index >= 15 is 0 Å². The van der Waals surface area contributed by atoms with Gasteiger partial charge in [0.05, 0.1) is 13.7 Å². The lowest BCUT2D eigenvalue weighted by atomic mass is 10.2. The van der Waals surface area contributed by atoms with Crippen molar-refractivity contribution in [2.45, 2.75) is 19.6 Å². The SMILES string of the molecule is COC(=O)CN(Cc1ccccc1)Cc1cccn1Cc1cccc(F)c1. The van der Waals surface area contributed by atoms with E-state index in [1.807, 2.05) is 59.6 Å². The first-order chi connectivity index (χ1) is 13.1. The van der Waals surface area contributed by atoms with Gasteiger partial charge in [0, 0.05) is 31.5 Å². The number of ether oxygens (including phenoxy) is 1. The standard InChI is InChI=1S/C22H23FN2O2/c1-27-22(26)17-24(14-18-7-3-2-4-8-18)16-21-11-6-12-25(21)15-19-9-5-10-20(23)13-19/h2-13H,14-17H2,1H3. The van der Waals surface area contributed by atoms with E-state index in [-0.39, 0.29) is 18.3 Å². The van der Waals surface area contributed by atoms with E-state index in [1.165, 1.54) is 13.2 Å². The maximum Gasteiger partial charge on any atom is 0.319 e. The lowest BCUT2D eigenvalue weighted by Crippen LogP contribution is -2.30. The summed E-state index contributed by atoms with van der Waals surface area (Å²) in [5.41, 5.74) is 3.08. The third-order valence-electron chi connectivity index (χ3n) is 4.38. The molecule has 1 heterocycles. The number of rotatable bonds is 8. The number of halogens is 1. The number of aromatic nitrogens is 1. The molecule has 3 aromatic rings. The van der Waals surface area contributed by atoms with E-state index in [0.29, 0.717) is 19.6 Å². The van der Waals surface area contributed by atoms with Crippen molar-refractivity contribution in [3.63, 3.8) is 0 Å². The smallest absolute Gasteiger partial charge is 0.319 e. The summed E-state index contributed by atoms with van der Waals surface area (Å²) < 4.78 is 20.4. The fraction of sp³-hybridized carbons (Fsp3) is 0.227. The zero-order valence-electron chi connectivity index (χ0n) is 15.3. The van der Waals surface area contributed by atoms with Crippen LogP contribution >= 0.6 is 0 Å². The molecule has 0 amide bonds. The van der Waals surface area contributed by atoms with Gasteiger partial charge < -0.3 is 9.30 Å². The summed E-state index contributed by atoms with van der Waals surface area (Å²) in [5.74, 6) is -0.508. The molecular formula is C22H23FN2O2. The normalized spacial score (nSPS) is 10.9. The zero-order valence-corrected chi connectivity index (χ0v) is 15.3. The van der Waals surface area contributed by atoms with Crippen LogP contribution in [-0.4, -0.2) is 29.1 Å². The van der Waals surface area contributed by atoms with Gasteiger partial charge in [0.2, 0.25) is 0 Å². The van der Waals surface area contributed by atoms with Crippen molar-refractivity contribution in [3.05, 3.63) is 95.6 Å². The van der Waals surface area contributed by atoms with E-state index in [2.05, 4.69) is 4.57 Å². The quantitative estimate of drug-likeness (QED) is 0.568. The molecule has 0 aliphatic rings. The molecule has 0 radical (unpaired) electrons. The van der Waals surface area contributed by atoms with E-state index in [1.54, 1.807) is 12.1 Å². The summed E-state index contributed by atoms with van der Waals surface area (Å²) in [6, 6.07) is 20.6. The van der Waals surface area contributed by atoms with Crippen molar-refractivity contribution < 1.29 is 13.9 Å². The van der Waals surface area contributed by atoms with Gasteiger partial charge in [-0.25, -0.2) is 4.39 Å². The topological polar surface area (TPSA) is 34.5 Å². The first-order valence-electron chi connectivity index (χ1n) is 8.85. The average molecular weight is 366 g/mol. The molecule has 0 aliphatic heterocycles. The van der Waals surface area contributed by atoms with E-state index in [4.69, 9.17) is 4.74 Å². The second kappa shape index (κ2) is 9.14. The fourth-order valence-electron chi connectivity index (χ4n) is 3.06. The minimum absolute atomic E-state index is 0.205. The lowest BCUT2D eigenvalue weighted by Gasteiger charge is -2.22. The van der Waals surface area contributed by atoms with Gasteiger partial charge in [-0.15, -0.1) is 0 Å². The molecule has 0 atom stereocenters. The van der Waals surface area contributed by atoms with Crippen LogP contribution in [0.25, 0.3) is 0 Å². The molecule has 5 heteroatoms. The summed E-state index contributed by atoms with van der Waals surface area (Å²) in [6.45, 7) is 2.02. The van der Waals surface area contributed by atoms with Crippen LogP contribution in [-0.2, 0) is 29.2 Å². The van der Waals surface area contributed by atoms with Crippen LogP contribution in [0.1, 0.15) is 16.8 Å². The number of benzene rings is 2. The summed E-state index contributed by atoms with van der Waals surface area (Å²) in [7, 11) is 1.40. The third kappa shape index (κ3) is 5.53. The van der Waals surface area contributed by atoms with Gasteiger partial charge in [-0.2, -0.15) is 0 Å². The summed E-state index contributed by atoms with van der Waals surface area (Å²) in [6.07, 6.45) is 1.97. The Kier molecular flexibility index (Phi) is 6.39. The molecule has 0 saturated heterocycles. The van der Waals surface area contributed by atoms with E-state index in [9.17, 15) is 9.18 Å². The monoisotopic (exact) mass is 366 g/mol. The molecule has 0 N–H and O–H groups in total. The van der Waals surface area contributed by atoms with E-state index in [0.717, 1.165) is 16.8 Å². The van der Waals surface area contributed by atoms with Gasteiger partial charge in [0.1, 0.15) is 5.82 Å². The Labute approximate surface area is 158 Å². The highest BCUT2D eigenvalue weighted by Gasteiger charge is 2.14. The van der Waals surface area contributed by atoms with Crippen LogP contribution in [0.15, 0.2) is 72.9 Å². The first-order valence-corrected chi connectivity index (χ1v) is 8.85. The lowest BCUT2D eigenvalue weighted by molar-refractivity contribution is -0.142. The van der Waals surface area contributed by atoms with Crippen molar-refractivity contribution in [3.8, 4) is 0 Å². The van der Waals surface area contributed by atoms with Gasteiger partial charge in [-0.05, 0) is 35.4 Å². The molecular weight excluding hydrogens is 343 g/mol. The van der Waals surface area contributed by atoms with Crippen LogP contribution in [0.5, 0.6) is 0 Å². The van der Waals surface area contributed by atoms with Crippen LogP contribution in [0.3, 0.4) is 0 Å². The van der Waals surface area contributed by atoms with Gasteiger partial charge in [0.25, 0.3) is 0 Å². The minimum atomic E-state index is -0.269. The van der Waals surface area contributed by atoms with E-state index < -0.39 is 0 Å². The number of nitrogens with zero attached hydrogens (tertiary/aromatic N) is 2. The average Bonchev–Trinajstić information content (AvgIpc) is 3.09. The molecule has 27 heavy (non-hydrogen) atoms. The molecule has 0 saturated carbocycles. The zero-order chi connectivity index (χ0) is 19.1. The van der Waals surface area contributed by atoms with Gasteiger partial charge in [0.15, 0.2) is 0 Å². The van der Waals surface area contributed by atoms with Crippen molar-refractivity contribution >= 4 is 5.97 Å². The molecule has 140 valence electrons. The number of carbonyl (C=O) groups is 1. The number of hydrogen-bond acceptors (Lipinski definition) is 3. The van der Waals surface area contributed by atoms with Crippen LogP contribution in [0.4, 0.5) is 4.39 Å². The van der Waals surface area contributed by atoms with Crippen LogP contribution < -0.4 is 0 Å². The number of carbonyl (C=O) groups excluding carboxylic acids is 1. The number of methoxy groups -OCH3 is 1. The van der Waals surface area contributed by atoms with Crippen LogP contribution in [0, 0.1) is 5.82 Å². The number of esters is 1. The first kappa shape index (κ1) is 18.9. The highest BCUT2D eigenvalue weighted by atomic mass is 19.1. The van der Waals surface area contributed by atoms with Crippen molar-refractivity contribution in [2.75, 3.05) is 13.7 Å². The summed E-state index contributed by atoms with van der Waals surface area (Å²) in [5, 5.41) is 0. The predicted octanol–water partition coefficient (Wildman–Crippen LogP) is 3.85. The second-order valence-corrected chi connectivity index (χ2v) is 6.46. The third-order valence-corrected chi connectivity index (χ3v) is 4.38. The van der Waals surface area contributed by atoms with Crippen molar-refractivity contribution in [1.82, 2.24) is 9.47 Å². The Hall–Kier alpha value is -2.92. The Bertz CT molecular complexity index is 877. The van der Waals surface area contributed by atoms with Crippen molar-refractivity contribution in [1.29, 1.82) is 0 Å². The minimum Gasteiger partial charge on any atom is -0.468 e. The highest BCUT2D eigenvalue weighted by molar-refractivity contribution is 5.71. The predicted molar refractivity (Wildman–Crippen MR) is 103 cm³/mol. The van der Waals surface area contributed by atoms with Crippen LogP contribution in [0.2, 0.25) is 0 Å². The maximum absolute atomic E-state index is 13.5.